The van der Waals surface area contributed by atoms with Crippen molar-refractivity contribution >= 4 is 44.8 Å². The third-order valence-corrected chi connectivity index (χ3v) is 7.84. The average molecular weight is 599 g/mol. The van der Waals surface area contributed by atoms with E-state index in [4.69, 9.17) is 32.7 Å². The van der Waals surface area contributed by atoms with Crippen LogP contribution in [0.4, 0.5) is 18.9 Å². The first-order valence-corrected chi connectivity index (χ1v) is 12.8. The number of methoxy groups -OCH3 is 1. The Labute approximate surface area is 225 Å². The van der Waals surface area contributed by atoms with Gasteiger partial charge in [0.25, 0.3) is 0 Å². The number of rotatable bonds is 5. The summed E-state index contributed by atoms with van der Waals surface area (Å²) in [6, 6.07) is 13.2. The second kappa shape index (κ2) is 9.84. The molecule has 3 atom stereocenters. The van der Waals surface area contributed by atoms with Crippen LogP contribution in [-0.4, -0.2) is 7.11 Å². The van der Waals surface area contributed by atoms with Crippen LogP contribution in [0, 0.1) is 5.92 Å². The fraction of sp³-hybridized carbons (Fsp3) is 0.259. The van der Waals surface area contributed by atoms with Gasteiger partial charge in [-0.3, -0.25) is 0 Å². The van der Waals surface area contributed by atoms with Gasteiger partial charge in [0.05, 0.1) is 33.9 Å². The minimum absolute atomic E-state index is 0.116. The molecule has 0 spiro atoms. The van der Waals surface area contributed by atoms with Gasteiger partial charge in [-0.15, -0.1) is 0 Å². The van der Waals surface area contributed by atoms with Crippen molar-refractivity contribution < 1.29 is 22.6 Å². The molecule has 1 N–H and O–H groups in total. The molecule has 0 amide bonds. The summed E-state index contributed by atoms with van der Waals surface area (Å²) in [7, 11) is 1.55. The fourth-order valence-electron chi connectivity index (χ4n) is 5.05. The Morgan fingerprint density at radius 2 is 1.83 bits per heavy atom. The van der Waals surface area contributed by atoms with Crippen molar-refractivity contribution in [2.45, 2.75) is 31.2 Å². The molecule has 5 rings (SSSR count). The molecule has 2 aliphatic rings. The molecule has 0 saturated carbocycles. The molecule has 9 heteroatoms. The molecule has 0 radical (unpaired) electrons. The molecule has 0 saturated heterocycles. The molecule has 3 aromatic rings. The van der Waals surface area contributed by atoms with Gasteiger partial charge in [-0.1, -0.05) is 47.5 Å². The summed E-state index contributed by atoms with van der Waals surface area (Å²) in [5.41, 5.74) is 1.67. The van der Waals surface area contributed by atoms with Gasteiger partial charge in [0.15, 0.2) is 11.5 Å². The minimum Gasteiger partial charge on any atom is -0.493 e. The smallest absolute Gasteiger partial charge is 0.416 e. The Balaban J connectivity index is 1.50. The number of allylic oxidation sites excluding steroid dienone is 2. The van der Waals surface area contributed by atoms with Crippen LogP contribution in [0.5, 0.6) is 11.5 Å². The number of hydrogen-bond acceptors (Lipinski definition) is 3. The normalized spacial score (nSPS) is 20.5. The monoisotopic (exact) mass is 597 g/mol. The maximum absolute atomic E-state index is 13.9. The van der Waals surface area contributed by atoms with E-state index < -0.39 is 17.7 Å². The van der Waals surface area contributed by atoms with Gasteiger partial charge >= 0.3 is 6.18 Å². The molecule has 3 aromatic carbocycles. The molecule has 0 unspecified atom stereocenters. The summed E-state index contributed by atoms with van der Waals surface area (Å²) >= 11 is 16.0. The van der Waals surface area contributed by atoms with Crippen LogP contribution in [0.3, 0.4) is 0 Å². The second-order valence-corrected chi connectivity index (χ2v) is 10.5. The second-order valence-electron chi connectivity index (χ2n) is 8.81. The third kappa shape index (κ3) is 4.69. The van der Waals surface area contributed by atoms with E-state index in [1.54, 1.807) is 19.2 Å². The summed E-state index contributed by atoms with van der Waals surface area (Å²) < 4.78 is 53.9. The quantitative estimate of drug-likeness (QED) is 0.297. The van der Waals surface area contributed by atoms with Crippen LogP contribution in [0.15, 0.2) is 65.2 Å². The van der Waals surface area contributed by atoms with Crippen molar-refractivity contribution in [3.63, 3.8) is 0 Å². The molecule has 0 aromatic heterocycles. The van der Waals surface area contributed by atoms with Crippen molar-refractivity contribution in [2.75, 3.05) is 12.4 Å². The van der Waals surface area contributed by atoms with E-state index in [9.17, 15) is 13.2 Å². The number of halogens is 6. The topological polar surface area (TPSA) is 30.5 Å². The Kier molecular flexibility index (Phi) is 6.92. The molecular formula is C27H21BrCl2F3NO2. The van der Waals surface area contributed by atoms with Crippen molar-refractivity contribution in [3.8, 4) is 11.5 Å². The van der Waals surface area contributed by atoms with Crippen LogP contribution >= 0.6 is 39.1 Å². The summed E-state index contributed by atoms with van der Waals surface area (Å²) in [6.45, 7) is 0.310. The van der Waals surface area contributed by atoms with Gasteiger partial charge in [-0.05, 0) is 81.4 Å². The third-order valence-electron chi connectivity index (χ3n) is 6.68. The van der Waals surface area contributed by atoms with E-state index in [1.807, 2.05) is 36.4 Å². The predicted octanol–water partition coefficient (Wildman–Crippen LogP) is 9.19. The summed E-state index contributed by atoms with van der Waals surface area (Å²) in [5.74, 6) is 0.520. The number of anilines is 1. The first kappa shape index (κ1) is 25.3. The lowest BCUT2D eigenvalue weighted by Gasteiger charge is -2.39. The molecule has 1 heterocycles. The molecule has 1 aliphatic carbocycles. The SMILES string of the molecule is COc1cc([C@@H]2Nc3c(Cl)ccc(C(F)(F)F)c3[C@@H]3C=CC[C@@H]32)cc(Br)c1OCc1ccc(Cl)cc1. The van der Waals surface area contributed by atoms with Crippen LogP contribution < -0.4 is 14.8 Å². The molecule has 3 nitrogen and oxygen atoms in total. The summed E-state index contributed by atoms with van der Waals surface area (Å²) in [6.07, 6.45) is -0.0331. The van der Waals surface area contributed by atoms with Gasteiger partial charge < -0.3 is 14.8 Å². The lowest BCUT2D eigenvalue weighted by molar-refractivity contribution is -0.138. The van der Waals surface area contributed by atoms with Gasteiger partial charge in [-0.25, -0.2) is 0 Å². The standard InChI is InChI=1S/C27H21BrCl2F3NO2/c1-35-22-12-15(11-20(28)26(22)36-13-14-5-7-16(29)8-6-14)24-18-4-2-3-17(18)23-19(27(31,32)33)9-10-21(30)25(23)34-24/h2-3,5-12,17-18,24,34H,4,13H2,1H3/t17-,18+,24+/m1/s1. The van der Waals surface area contributed by atoms with E-state index in [1.165, 1.54) is 6.07 Å². The Morgan fingerprint density at radius 1 is 1.08 bits per heavy atom. The number of alkyl halides is 3. The predicted molar refractivity (Wildman–Crippen MR) is 139 cm³/mol. The molecule has 1 aliphatic heterocycles. The highest BCUT2D eigenvalue weighted by Gasteiger charge is 2.45. The highest BCUT2D eigenvalue weighted by molar-refractivity contribution is 9.10. The van der Waals surface area contributed by atoms with Gasteiger partial charge in [-0.2, -0.15) is 13.2 Å². The Hall–Kier alpha value is -2.35. The molecular weight excluding hydrogens is 578 g/mol. The van der Waals surface area contributed by atoms with Crippen molar-refractivity contribution in [3.05, 3.63) is 97.5 Å². The maximum Gasteiger partial charge on any atom is 0.416 e. The zero-order chi connectivity index (χ0) is 25.6. The first-order chi connectivity index (χ1) is 17.2. The highest BCUT2D eigenvalue weighted by atomic mass is 79.9. The number of benzene rings is 3. The van der Waals surface area contributed by atoms with Crippen LogP contribution in [0.1, 0.15) is 40.6 Å². The maximum atomic E-state index is 13.9. The van der Waals surface area contributed by atoms with Crippen LogP contribution in [0.2, 0.25) is 10.0 Å². The molecule has 0 bridgehead atoms. The van der Waals surface area contributed by atoms with Gasteiger partial charge in [0.1, 0.15) is 6.61 Å². The molecule has 188 valence electrons. The van der Waals surface area contributed by atoms with Crippen molar-refractivity contribution in [1.82, 2.24) is 0 Å². The largest absolute Gasteiger partial charge is 0.493 e. The van der Waals surface area contributed by atoms with Gasteiger partial charge in [0, 0.05) is 10.9 Å². The van der Waals surface area contributed by atoms with E-state index in [-0.39, 0.29) is 22.5 Å². The molecule has 0 fully saturated rings. The Bertz CT molecular complexity index is 1330. The zero-order valence-electron chi connectivity index (χ0n) is 19.0. The summed E-state index contributed by atoms with van der Waals surface area (Å²) in [4.78, 5) is 0. The lowest BCUT2D eigenvalue weighted by atomic mass is 9.75. The van der Waals surface area contributed by atoms with E-state index in [0.29, 0.717) is 39.7 Å². The number of hydrogen-bond donors (Lipinski definition) is 1. The van der Waals surface area contributed by atoms with E-state index in [0.717, 1.165) is 17.2 Å². The number of fused-ring (bicyclic) bond motifs is 3. The molecule has 36 heavy (non-hydrogen) atoms. The highest BCUT2D eigenvalue weighted by Crippen LogP contribution is 2.55. The Morgan fingerprint density at radius 3 is 2.53 bits per heavy atom. The van der Waals surface area contributed by atoms with Crippen molar-refractivity contribution in [1.29, 1.82) is 0 Å². The number of nitrogens with one attached hydrogen (secondary N) is 1. The zero-order valence-corrected chi connectivity index (χ0v) is 22.1. The number of ether oxygens (including phenoxy) is 2. The van der Waals surface area contributed by atoms with E-state index in [2.05, 4.69) is 21.2 Å². The van der Waals surface area contributed by atoms with Crippen molar-refractivity contribution in [2.24, 2.45) is 5.92 Å². The van der Waals surface area contributed by atoms with Crippen LogP contribution in [0.25, 0.3) is 0 Å². The fourth-order valence-corrected chi connectivity index (χ4v) is 5.97. The lowest BCUT2D eigenvalue weighted by Crippen LogP contribution is -2.31. The first-order valence-electron chi connectivity index (χ1n) is 11.2. The van der Waals surface area contributed by atoms with Gasteiger partial charge in [0.2, 0.25) is 0 Å². The minimum atomic E-state index is -4.47. The summed E-state index contributed by atoms with van der Waals surface area (Å²) in [5, 5.41) is 4.23. The van der Waals surface area contributed by atoms with Crippen LogP contribution in [-0.2, 0) is 12.8 Å². The average Bonchev–Trinajstić information content (AvgIpc) is 3.33. The van der Waals surface area contributed by atoms with E-state index >= 15 is 0 Å².